The molecule has 0 unspecified atom stereocenters. The first-order valence-corrected chi connectivity index (χ1v) is 8.87. The fourth-order valence-electron chi connectivity index (χ4n) is 3.40. The molecule has 1 heterocycles. The van der Waals surface area contributed by atoms with Crippen LogP contribution >= 0.6 is 0 Å². The van der Waals surface area contributed by atoms with Crippen molar-refractivity contribution < 1.29 is 29.2 Å². The van der Waals surface area contributed by atoms with Gasteiger partial charge in [-0.3, -0.25) is 4.79 Å². The fraction of sp³-hybridized carbons (Fsp3) is 0.318. The van der Waals surface area contributed by atoms with Gasteiger partial charge >= 0.3 is 0 Å². The predicted octanol–water partition coefficient (Wildman–Crippen LogP) is 3.94. The van der Waals surface area contributed by atoms with E-state index in [0.717, 1.165) is 5.56 Å². The number of ether oxygens (including phenoxy) is 3. The summed E-state index contributed by atoms with van der Waals surface area (Å²) in [5.74, 6) is -0.186. The molecule has 28 heavy (non-hydrogen) atoms. The molecule has 0 fully saturated rings. The third-order valence-electron chi connectivity index (χ3n) is 5.18. The lowest BCUT2D eigenvalue weighted by Gasteiger charge is -2.29. The number of Topliss-reactive ketones (excluding diaryl/α,β-unsaturated/α-hetero) is 1. The number of allylic oxidation sites excluding steroid dienone is 1. The normalized spacial score (nSPS) is 16.1. The lowest BCUT2D eigenvalue weighted by atomic mass is 9.80. The summed E-state index contributed by atoms with van der Waals surface area (Å²) in [6.07, 6.45) is 1.77. The second-order valence-corrected chi connectivity index (χ2v) is 7.26. The van der Waals surface area contributed by atoms with Crippen LogP contribution in [0.2, 0.25) is 0 Å². The number of rotatable bonds is 5. The van der Waals surface area contributed by atoms with Crippen molar-refractivity contribution in [2.45, 2.75) is 25.2 Å². The number of benzene rings is 2. The molecule has 0 spiro atoms. The van der Waals surface area contributed by atoms with Crippen molar-refractivity contribution in [2.75, 3.05) is 20.8 Å². The number of hydrogen-bond acceptors (Lipinski definition) is 6. The first kappa shape index (κ1) is 19.6. The van der Waals surface area contributed by atoms with Crippen LogP contribution < -0.4 is 14.2 Å². The van der Waals surface area contributed by atoms with Crippen LogP contribution in [-0.4, -0.2) is 36.8 Å². The van der Waals surface area contributed by atoms with Crippen molar-refractivity contribution in [3.63, 3.8) is 0 Å². The molecular weight excluding hydrogens is 360 g/mol. The Bertz CT molecular complexity index is 945. The van der Waals surface area contributed by atoms with Crippen LogP contribution in [0.4, 0.5) is 0 Å². The molecule has 2 aromatic rings. The molecule has 0 bridgehead atoms. The average Bonchev–Trinajstić information content (AvgIpc) is 2.67. The summed E-state index contributed by atoms with van der Waals surface area (Å²) in [5, 5.41) is 20.5. The van der Waals surface area contributed by atoms with Gasteiger partial charge in [-0.15, -0.1) is 6.58 Å². The molecule has 6 nitrogen and oxygen atoms in total. The summed E-state index contributed by atoms with van der Waals surface area (Å²) < 4.78 is 16.6. The van der Waals surface area contributed by atoms with E-state index in [2.05, 4.69) is 6.58 Å². The first-order valence-electron chi connectivity index (χ1n) is 8.87. The zero-order chi connectivity index (χ0) is 20.6. The Kier molecular flexibility index (Phi) is 4.98. The van der Waals surface area contributed by atoms with Gasteiger partial charge in [0.15, 0.2) is 17.3 Å². The molecule has 0 amide bonds. The van der Waals surface area contributed by atoms with E-state index in [0.29, 0.717) is 22.6 Å². The number of carbonyl (C=O) groups excluding carboxylic acids is 1. The molecule has 1 aliphatic rings. The van der Waals surface area contributed by atoms with Gasteiger partial charge in [0.1, 0.15) is 18.1 Å². The van der Waals surface area contributed by atoms with Gasteiger partial charge in [0, 0.05) is 22.6 Å². The van der Waals surface area contributed by atoms with Crippen LogP contribution in [-0.2, 0) is 5.41 Å². The standard InChI is InChI=1S/C22H24O6/c1-6-22(2,3)16-10-14(19(25)21(27-5)20(16)26-4)15-11-28-17-9-12(23)7-8-13(17)18(15)24/h6-10,15,23,25H,1,11H2,2-5H3/t15-/m0/s1. The monoisotopic (exact) mass is 384 g/mol. The molecule has 2 aromatic carbocycles. The Morgan fingerprint density at radius 3 is 2.46 bits per heavy atom. The molecule has 0 aromatic heterocycles. The van der Waals surface area contributed by atoms with Crippen LogP contribution in [0, 0.1) is 0 Å². The van der Waals surface area contributed by atoms with E-state index in [1.54, 1.807) is 12.1 Å². The van der Waals surface area contributed by atoms with Gasteiger partial charge in [0.2, 0.25) is 5.75 Å². The van der Waals surface area contributed by atoms with E-state index in [1.165, 1.54) is 32.4 Å². The fourth-order valence-corrected chi connectivity index (χ4v) is 3.40. The highest BCUT2D eigenvalue weighted by Crippen LogP contribution is 2.49. The number of phenolic OH excluding ortho intramolecular Hbond substituents is 2. The molecule has 1 atom stereocenters. The third-order valence-corrected chi connectivity index (χ3v) is 5.18. The molecule has 3 rings (SSSR count). The zero-order valence-corrected chi connectivity index (χ0v) is 16.4. The van der Waals surface area contributed by atoms with E-state index >= 15 is 0 Å². The van der Waals surface area contributed by atoms with E-state index in [-0.39, 0.29) is 29.6 Å². The minimum absolute atomic E-state index is 0.0222. The van der Waals surface area contributed by atoms with Crippen LogP contribution in [0.15, 0.2) is 36.9 Å². The van der Waals surface area contributed by atoms with Crippen molar-refractivity contribution in [1.29, 1.82) is 0 Å². The van der Waals surface area contributed by atoms with Gasteiger partial charge in [-0.05, 0) is 18.2 Å². The lowest BCUT2D eigenvalue weighted by molar-refractivity contribution is 0.0893. The Morgan fingerprint density at radius 1 is 1.18 bits per heavy atom. The summed E-state index contributed by atoms with van der Waals surface area (Å²) >= 11 is 0. The number of fused-ring (bicyclic) bond motifs is 1. The van der Waals surface area contributed by atoms with Crippen LogP contribution in [0.1, 0.15) is 41.3 Å². The minimum atomic E-state index is -0.726. The SMILES string of the molecule is C=CC(C)(C)c1cc([C@@H]2COc3cc(O)ccc3C2=O)c(O)c(OC)c1OC. The Labute approximate surface area is 164 Å². The average molecular weight is 384 g/mol. The smallest absolute Gasteiger partial charge is 0.203 e. The van der Waals surface area contributed by atoms with Crippen molar-refractivity contribution in [3.8, 4) is 28.7 Å². The highest BCUT2D eigenvalue weighted by Gasteiger charge is 2.36. The van der Waals surface area contributed by atoms with Gasteiger partial charge in [0.05, 0.1) is 25.7 Å². The molecule has 0 saturated heterocycles. The number of phenols is 2. The van der Waals surface area contributed by atoms with E-state index in [9.17, 15) is 15.0 Å². The number of ketones is 1. The minimum Gasteiger partial charge on any atom is -0.508 e. The molecule has 6 heteroatoms. The van der Waals surface area contributed by atoms with E-state index in [1.807, 2.05) is 13.8 Å². The molecule has 1 aliphatic heterocycles. The topological polar surface area (TPSA) is 85.2 Å². The second kappa shape index (κ2) is 7.11. The van der Waals surface area contributed by atoms with Gasteiger partial charge in [-0.1, -0.05) is 19.9 Å². The van der Waals surface area contributed by atoms with Gasteiger partial charge in [0.25, 0.3) is 0 Å². The largest absolute Gasteiger partial charge is 0.508 e. The van der Waals surface area contributed by atoms with Crippen molar-refractivity contribution >= 4 is 5.78 Å². The molecule has 0 saturated carbocycles. The van der Waals surface area contributed by atoms with E-state index in [4.69, 9.17) is 14.2 Å². The maximum Gasteiger partial charge on any atom is 0.203 e. The predicted molar refractivity (Wildman–Crippen MR) is 105 cm³/mol. The number of hydrogen-bond donors (Lipinski definition) is 2. The molecule has 148 valence electrons. The van der Waals surface area contributed by atoms with Crippen LogP contribution in [0.3, 0.4) is 0 Å². The summed E-state index contributed by atoms with van der Waals surface area (Å²) in [6.45, 7) is 7.82. The summed E-state index contributed by atoms with van der Waals surface area (Å²) in [5.41, 5.74) is 0.988. The zero-order valence-electron chi connectivity index (χ0n) is 16.4. The molecular formula is C22H24O6. The summed E-state index contributed by atoms with van der Waals surface area (Å²) in [6, 6.07) is 6.11. The Hall–Kier alpha value is -3.15. The van der Waals surface area contributed by atoms with Crippen molar-refractivity contribution in [3.05, 3.63) is 53.6 Å². The van der Waals surface area contributed by atoms with Gasteiger partial charge < -0.3 is 24.4 Å². The third kappa shape index (κ3) is 3.05. The quantitative estimate of drug-likeness (QED) is 0.760. The molecule has 2 N–H and O–H groups in total. The summed E-state index contributed by atoms with van der Waals surface area (Å²) in [7, 11) is 2.93. The van der Waals surface area contributed by atoms with Crippen LogP contribution in [0.5, 0.6) is 28.7 Å². The second-order valence-electron chi connectivity index (χ2n) is 7.26. The molecule has 0 aliphatic carbocycles. The van der Waals surface area contributed by atoms with Crippen molar-refractivity contribution in [2.24, 2.45) is 0 Å². The van der Waals surface area contributed by atoms with Gasteiger partial charge in [-0.25, -0.2) is 0 Å². The highest BCUT2D eigenvalue weighted by atomic mass is 16.5. The van der Waals surface area contributed by atoms with Gasteiger partial charge in [-0.2, -0.15) is 0 Å². The maximum absolute atomic E-state index is 13.1. The van der Waals surface area contributed by atoms with Crippen molar-refractivity contribution in [1.82, 2.24) is 0 Å². The maximum atomic E-state index is 13.1. The Morgan fingerprint density at radius 2 is 1.86 bits per heavy atom. The number of carbonyl (C=O) groups is 1. The lowest BCUT2D eigenvalue weighted by Crippen LogP contribution is -2.27. The highest BCUT2D eigenvalue weighted by molar-refractivity contribution is 6.04. The van der Waals surface area contributed by atoms with Crippen LogP contribution in [0.25, 0.3) is 0 Å². The molecule has 0 radical (unpaired) electrons. The van der Waals surface area contributed by atoms with E-state index < -0.39 is 11.3 Å². The first-order chi connectivity index (χ1) is 13.2. The number of aromatic hydroxyl groups is 2. The summed E-state index contributed by atoms with van der Waals surface area (Å²) in [4.78, 5) is 13.1. The number of methoxy groups -OCH3 is 2. The Balaban J connectivity index is 2.19.